The maximum Gasteiger partial charge on any atom is 0.306 e. The van der Waals surface area contributed by atoms with Gasteiger partial charge in [-0.05, 0) is 44.9 Å². The van der Waals surface area contributed by atoms with Gasteiger partial charge in [0.15, 0.2) is 6.10 Å². The van der Waals surface area contributed by atoms with Crippen molar-refractivity contribution in [2.45, 2.75) is 194 Å². The lowest BCUT2D eigenvalue weighted by Crippen LogP contribution is -2.30. The molecule has 0 fully saturated rings. The van der Waals surface area contributed by atoms with E-state index >= 15 is 0 Å². The van der Waals surface area contributed by atoms with Crippen LogP contribution in [0.25, 0.3) is 0 Å². The number of hydrogen-bond acceptors (Lipinski definition) is 6. The third kappa shape index (κ3) is 31.4. The summed E-state index contributed by atoms with van der Waals surface area (Å²) < 4.78 is 16.2. The second-order valence-electron chi connectivity index (χ2n) is 12.1. The zero-order valence-electron chi connectivity index (χ0n) is 28.5. The summed E-state index contributed by atoms with van der Waals surface area (Å²) in [4.78, 5) is 36.5. The number of carbonyl (C=O) groups is 3. The van der Waals surface area contributed by atoms with E-state index < -0.39 is 6.10 Å². The molecule has 0 aliphatic heterocycles. The number of carbonyl (C=O) groups excluding carboxylic acids is 3. The van der Waals surface area contributed by atoms with E-state index in [2.05, 4.69) is 26.0 Å². The maximum atomic E-state index is 12.4. The molecule has 1 atom stereocenters. The first-order valence-electron chi connectivity index (χ1n) is 18.2. The summed E-state index contributed by atoms with van der Waals surface area (Å²) in [6, 6.07) is 0. The SMILES string of the molecule is CCCCCCCC/C=C\CCCCCCCC(=O)OCC(COC(=O)CCC)OC(=O)CCCCCCCCCCC. The van der Waals surface area contributed by atoms with Crippen LogP contribution in [0.3, 0.4) is 0 Å². The first-order chi connectivity index (χ1) is 21.0. The Morgan fingerprint density at radius 2 is 0.814 bits per heavy atom. The fraction of sp³-hybridized carbons (Fsp3) is 0.865. The molecule has 0 aliphatic carbocycles. The van der Waals surface area contributed by atoms with Crippen LogP contribution in [0.4, 0.5) is 0 Å². The van der Waals surface area contributed by atoms with E-state index in [1.807, 2.05) is 6.92 Å². The standard InChI is InChI=1S/C37H68O6/c1-4-7-9-11-13-15-16-17-18-19-20-22-23-25-27-30-36(39)42-33-34(32-41-35(38)29-6-3)43-37(40)31-28-26-24-21-14-12-10-8-5-2/h17-18,34H,4-16,19-33H2,1-3H3/b18-17-. The van der Waals surface area contributed by atoms with Gasteiger partial charge in [0.25, 0.3) is 0 Å². The predicted octanol–water partition coefficient (Wildman–Crippen LogP) is 10.7. The van der Waals surface area contributed by atoms with Crippen LogP contribution in [0.1, 0.15) is 188 Å². The molecule has 6 nitrogen and oxygen atoms in total. The smallest absolute Gasteiger partial charge is 0.306 e. The number of ether oxygens (including phenoxy) is 3. The Hall–Kier alpha value is -1.85. The van der Waals surface area contributed by atoms with E-state index in [0.29, 0.717) is 25.7 Å². The van der Waals surface area contributed by atoms with Gasteiger partial charge >= 0.3 is 17.9 Å². The molecular weight excluding hydrogens is 540 g/mol. The second kappa shape index (κ2) is 33.1. The average molecular weight is 609 g/mol. The quantitative estimate of drug-likeness (QED) is 0.0327. The highest BCUT2D eigenvalue weighted by molar-refractivity contribution is 5.71. The molecule has 252 valence electrons. The maximum absolute atomic E-state index is 12.4. The van der Waals surface area contributed by atoms with E-state index in [9.17, 15) is 14.4 Å². The summed E-state index contributed by atoms with van der Waals surface area (Å²) in [5, 5.41) is 0. The molecule has 43 heavy (non-hydrogen) atoms. The Balaban J connectivity index is 4.04. The largest absolute Gasteiger partial charge is 0.462 e. The molecule has 0 heterocycles. The Labute approximate surface area is 265 Å². The molecule has 6 heteroatoms. The second-order valence-corrected chi connectivity index (χ2v) is 12.1. The van der Waals surface area contributed by atoms with Crippen molar-refractivity contribution < 1.29 is 28.6 Å². The fourth-order valence-electron chi connectivity index (χ4n) is 5.00. The van der Waals surface area contributed by atoms with E-state index in [1.54, 1.807) is 0 Å². The van der Waals surface area contributed by atoms with Gasteiger partial charge in [-0.2, -0.15) is 0 Å². The fourth-order valence-corrected chi connectivity index (χ4v) is 5.00. The van der Waals surface area contributed by atoms with Gasteiger partial charge < -0.3 is 14.2 Å². The minimum absolute atomic E-state index is 0.0766. The molecular formula is C37H68O6. The summed E-state index contributed by atoms with van der Waals surface area (Å²) in [5.41, 5.74) is 0. The van der Waals surface area contributed by atoms with Gasteiger partial charge in [0, 0.05) is 19.3 Å². The van der Waals surface area contributed by atoms with Crippen molar-refractivity contribution >= 4 is 17.9 Å². The number of unbranched alkanes of at least 4 members (excludes halogenated alkanes) is 19. The summed E-state index contributed by atoms with van der Waals surface area (Å²) >= 11 is 0. The van der Waals surface area contributed by atoms with Gasteiger partial charge in [0.1, 0.15) is 13.2 Å². The van der Waals surface area contributed by atoms with Crippen LogP contribution < -0.4 is 0 Å². The Morgan fingerprint density at radius 1 is 0.442 bits per heavy atom. The van der Waals surface area contributed by atoms with E-state index in [4.69, 9.17) is 14.2 Å². The van der Waals surface area contributed by atoms with Crippen molar-refractivity contribution in [3.05, 3.63) is 12.2 Å². The molecule has 0 saturated carbocycles. The molecule has 0 bridgehead atoms. The third-order valence-corrected chi connectivity index (χ3v) is 7.74. The molecule has 0 aromatic heterocycles. The van der Waals surface area contributed by atoms with Gasteiger partial charge in [-0.15, -0.1) is 0 Å². The minimum Gasteiger partial charge on any atom is -0.462 e. The number of allylic oxidation sites excluding steroid dienone is 2. The summed E-state index contributed by atoms with van der Waals surface area (Å²) in [5.74, 6) is -0.951. The van der Waals surface area contributed by atoms with Crippen LogP contribution in [-0.2, 0) is 28.6 Å². The first-order valence-corrected chi connectivity index (χ1v) is 18.2. The van der Waals surface area contributed by atoms with E-state index in [-0.39, 0.29) is 31.1 Å². The van der Waals surface area contributed by atoms with Crippen molar-refractivity contribution in [1.29, 1.82) is 0 Å². The van der Waals surface area contributed by atoms with Crippen LogP contribution in [0, 0.1) is 0 Å². The zero-order chi connectivity index (χ0) is 31.6. The molecule has 0 saturated heterocycles. The lowest BCUT2D eigenvalue weighted by molar-refractivity contribution is -0.167. The Kier molecular flexibility index (Phi) is 31.6. The number of esters is 3. The van der Waals surface area contributed by atoms with Crippen molar-refractivity contribution in [3.8, 4) is 0 Å². The van der Waals surface area contributed by atoms with Gasteiger partial charge in [0.2, 0.25) is 0 Å². The lowest BCUT2D eigenvalue weighted by atomic mass is 10.1. The lowest BCUT2D eigenvalue weighted by Gasteiger charge is -2.18. The van der Waals surface area contributed by atoms with Gasteiger partial charge in [-0.1, -0.05) is 136 Å². The van der Waals surface area contributed by atoms with Crippen LogP contribution >= 0.6 is 0 Å². The molecule has 0 aromatic carbocycles. The zero-order valence-corrected chi connectivity index (χ0v) is 28.5. The highest BCUT2D eigenvalue weighted by Crippen LogP contribution is 2.13. The molecule has 0 aromatic rings. The number of rotatable bonds is 32. The van der Waals surface area contributed by atoms with Crippen molar-refractivity contribution in [1.82, 2.24) is 0 Å². The van der Waals surface area contributed by atoms with Crippen LogP contribution in [0.5, 0.6) is 0 Å². The molecule has 0 spiro atoms. The molecule has 1 unspecified atom stereocenters. The van der Waals surface area contributed by atoms with Crippen molar-refractivity contribution in [3.63, 3.8) is 0 Å². The van der Waals surface area contributed by atoms with Gasteiger partial charge in [-0.25, -0.2) is 0 Å². The van der Waals surface area contributed by atoms with E-state index in [1.165, 1.54) is 96.3 Å². The highest BCUT2D eigenvalue weighted by atomic mass is 16.6. The highest BCUT2D eigenvalue weighted by Gasteiger charge is 2.19. The molecule has 0 rings (SSSR count). The van der Waals surface area contributed by atoms with Crippen molar-refractivity contribution in [2.24, 2.45) is 0 Å². The minimum atomic E-state index is -0.759. The summed E-state index contributed by atoms with van der Waals surface area (Å²) in [7, 11) is 0. The van der Waals surface area contributed by atoms with Crippen LogP contribution in [-0.4, -0.2) is 37.2 Å². The van der Waals surface area contributed by atoms with Crippen LogP contribution in [0.15, 0.2) is 12.2 Å². The molecule has 0 aliphatic rings. The predicted molar refractivity (Wildman–Crippen MR) is 178 cm³/mol. The Morgan fingerprint density at radius 3 is 1.26 bits per heavy atom. The third-order valence-electron chi connectivity index (χ3n) is 7.74. The molecule has 0 N–H and O–H groups in total. The molecule has 0 radical (unpaired) electrons. The normalized spacial score (nSPS) is 12.0. The summed E-state index contributed by atoms with van der Waals surface area (Å²) in [6.07, 6.45) is 31.9. The average Bonchev–Trinajstić information content (AvgIpc) is 2.99. The topological polar surface area (TPSA) is 78.9 Å². The molecule has 0 amide bonds. The first kappa shape index (κ1) is 41.1. The van der Waals surface area contributed by atoms with Crippen molar-refractivity contribution in [2.75, 3.05) is 13.2 Å². The number of hydrogen-bond donors (Lipinski definition) is 0. The summed E-state index contributed by atoms with van der Waals surface area (Å²) in [6.45, 7) is 6.23. The van der Waals surface area contributed by atoms with Crippen LogP contribution in [0.2, 0.25) is 0 Å². The van der Waals surface area contributed by atoms with Gasteiger partial charge in [0.05, 0.1) is 0 Å². The van der Waals surface area contributed by atoms with E-state index in [0.717, 1.165) is 44.9 Å². The Bertz CT molecular complexity index is 674. The monoisotopic (exact) mass is 609 g/mol. The van der Waals surface area contributed by atoms with Gasteiger partial charge in [-0.3, -0.25) is 14.4 Å².